The van der Waals surface area contributed by atoms with Gasteiger partial charge in [0.1, 0.15) is 22.1 Å². The van der Waals surface area contributed by atoms with Gasteiger partial charge in [0.2, 0.25) is 5.91 Å². The van der Waals surface area contributed by atoms with E-state index in [-0.39, 0.29) is 17.0 Å². The van der Waals surface area contributed by atoms with E-state index in [4.69, 9.17) is 10.8 Å². The molecule has 28 heavy (non-hydrogen) atoms. The van der Waals surface area contributed by atoms with Crippen molar-refractivity contribution in [2.75, 3.05) is 11.5 Å². The number of aromatic nitrogens is 3. The van der Waals surface area contributed by atoms with Crippen LogP contribution in [-0.4, -0.2) is 71.3 Å². The Bertz CT molecular complexity index is 826. The zero-order valence-corrected chi connectivity index (χ0v) is 16.8. The van der Waals surface area contributed by atoms with Crippen LogP contribution in [0.25, 0.3) is 0 Å². The Morgan fingerprint density at radius 3 is 2.89 bits per heavy atom. The Balaban J connectivity index is 1.64. The lowest BCUT2D eigenvalue weighted by Crippen LogP contribution is -2.68. The van der Waals surface area contributed by atoms with Crippen LogP contribution in [0.5, 0.6) is 0 Å². The zero-order valence-electron chi connectivity index (χ0n) is 15.1. The number of carbonyl (C=O) groups excluding carboxylic acids is 1. The number of fused-ring (bicyclic) bond motifs is 1. The molecule has 5 N–H and O–H groups in total. The number of nitrogens with one attached hydrogen (secondary N) is 1. The molecule has 0 radical (unpaired) electrons. The van der Waals surface area contributed by atoms with Gasteiger partial charge in [-0.25, -0.2) is 4.79 Å². The van der Waals surface area contributed by atoms with E-state index in [1.807, 2.05) is 0 Å². The maximum atomic E-state index is 12.0. The second-order valence-corrected chi connectivity index (χ2v) is 8.79. The van der Waals surface area contributed by atoms with Crippen LogP contribution < -0.4 is 5.73 Å². The maximum Gasteiger partial charge on any atom is 0.352 e. The fourth-order valence-electron chi connectivity index (χ4n) is 3.07. The molecule has 3 heterocycles. The summed E-state index contributed by atoms with van der Waals surface area (Å²) >= 11 is 2.84. The number of aryl methyl sites for hydroxylation is 1. The fourth-order valence-corrected chi connectivity index (χ4v) is 5.46. The molecule has 1 aromatic heterocycles. The van der Waals surface area contributed by atoms with Crippen molar-refractivity contribution in [3.05, 3.63) is 17.0 Å². The Morgan fingerprint density at radius 2 is 2.21 bits per heavy atom. The Kier molecular flexibility index (Phi) is 6.30. The third kappa shape index (κ3) is 4.03. The van der Waals surface area contributed by atoms with Crippen LogP contribution in [0.3, 0.4) is 0 Å². The average Bonchev–Trinajstić information content (AvgIpc) is 3.11. The highest BCUT2D eigenvalue weighted by molar-refractivity contribution is 8.01. The molecule has 0 saturated carbocycles. The minimum atomic E-state index is -1.13. The number of thioether (sulfide) groups is 2. The van der Waals surface area contributed by atoms with E-state index in [0.29, 0.717) is 36.3 Å². The van der Waals surface area contributed by atoms with Crippen molar-refractivity contribution in [3.63, 3.8) is 0 Å². The standard InChI is InChI=1S/C16H21N5O5S2/c1-7(15(23)24)3-2-4-9-12(19-20-18-9)27-5-8-6-28-14-10(17)13(22)21(14)11(8)16(25)26/h7,10,14H,2-6,17H2,1H3,(H,23,24)(H,25,26)(H,18,19,20)/t7?,10?,14-/m0/s1. The normalized spacial score (nSPS) is 22.6. The maximum absolute atomic E-state index is 12.0. The monoisotopic (exact) mass is 427 g/mol. The van der Waals surface area contributed by atoms with Crippen LogP contribution in [0.4, 0.5) is 0 Å². The number of aromatic amines is 1. The van der Waals surface area contributed by atoms with Crippen molar-refractivity contribution in [1.29, 1.82) is 0 Å². The lowest BCUT2D eigenvalue weighted by molar-refractivity contribution is -0.147. The Morgan fingerprint density at radius 1 is 1.46 bits per heavy atom. The second-order valence-electron chi connectivity index (χ2n) is 6.70. The summed E-state index contributed by atoms with van der Waals surface area (Å²) in [6, 6.07) is -0.648. The summed E-state index contributed by atoms with van der Waals surface area (Å²) in [6.45, 7) is 1.66. The number of rotatable bonds is 9. The van der Waals surface area contributed by atoms with Crippen molar-refractivity contribution < 1.29 is 24.6 Å². The van der Waals surface area contributed by atoms with Crippen molar-refractivity contribution >= 4 is 41.4 Å². The minimum absolute atomic E-state index is 0.0206. The van der Waals surface area contributed by atoms with Crippen LogP contribution >= 0.6 is 23.5 Å². The van der Waals surface area contributed by atoms with Crippen molar-refractivity contribution in [1.82, 2.24) is 20.3 Å². The number of hydrogen-bond donors (Lipinski definition) is 4. The van der Waals surface area contributed by atoms with Crippen molar-refractivity contribution in [2.45, 2.75) is 42.6 Å². The number of nitrogens with zero attached hydrogens (tertiary/aromatic N) is 3. The Labute approximate surface area is 169 Å². The number of carbonyl (C=O) groups is 3. The number of amides is 1. The first kappa shape index (κ1) is 20.7. The van der Waals surface area contributed by atoms with E-state index in [2.05, 4.69) is 15.4 Å². The van der Waals surface area contributed by atoms with E-state index in [0.717, 1.165) is 10.7 Å². The SMILES string of the molecule is CC(CCCc1nn[nH]c1SCC1=C(C(=O)O)N2C(=O)C(N)[C@@H]2SC1)C(=O)O. The van der Waals surface area contributed by atoms with Crippen LogP contribution in [0.15, 0.2) is 16.3 Å². The molecule has 0 bridgehead atoms. The molecule has 1 amide bonds. The quantitative estimate of drug-likeness (QED) is 0.323. The molecule has 1 fully saturated rings. The van der Waals surface area contributed by atoms with Gasteiger partial charge in [0.25, 0.3) is 0 Å². The van der Waals surface area contributed by atoms with Gasteiger partial charge < -0.3 is 15.9 Å². The van der Waals surface area contributed by atoms with Crippen LogP contribution in [0.1, 0.15) is 25.5 Å². The number of carboxylic acid groups (broad SMARTS) is 2. The number of H-pyrrole nitrogens is 1. The molecule has 12 heteroatoms. The molecular weight excluding hydrogens is 406 g/mol. The van der Waals surface area contributed by atoms with Crippen LogP contribution in [-0.2, 0) is 20.8 Å². The van der Waals surface area contributed by atoms with E-state index < -0.39 is 23.9 Å². The molecule has 2 aliphatic rings. The molecule has 0 aromatic carbocycles. The molecule has 0 spiro atoms. The van der Waals surface area contributed by atoms with Gasteiger partial charge in [0.05, 0.1) is 11.6 Å². The first-order valence-electron chi connectivity index (χ1n) is 8.72. The van der Waals surface area contributed by atoms with Gasteiger partial charge in [-0.05, 0) is 24.8 Å². The van der Waals surface area contributed by atoms with Gasteiger partial charge in [-0.15, -0.1) is 28.6 Å². The molecular formula is C16H21N5O5S2. The second kappa shape index (κ2) is 8.53. The summed E-state index contributed by atoms with van der Waals surface area (Å²) in [7, 11) is 0. The van der Waals surface area contributed by atoms with E-state index in [1.54, 1.807) is 6.92 Å². The number of carboxylic acids is 2. The van der Waals surface area contributed by atoms with Gasteiger partial charge >= 0.3 is 11.9 Å². The van der Waals surface area contributed by atoms with E-state index in [1.165, 1.54) is 28.4 Å². The van der Waals surface area contributed by atoms with E-state index >= 15 is 0 Å². The molecule has 1 aromatic rings. The number of hydrogen-bond acceptors (Lipinski definition) is 8. The summed E-state index contributed by atoms with van der Waals surface area (Å²) in [5.74, 6) is -1.87. The highest BCUT2D eigenvalue weighted by Gasteiger charge is 2.51. The average molecular weight is 428 g/mol. The largest absolute Gasteiger partial charge is 0.481 e. The van der Waals surface area contributed by atoms with E-state index in [9.17, 15) is 19.5 Å². The van der Waals surface area contributed by atoms with Crippen LogP contribution in [0, 0.1) is 5.92 Å². The van der Waals surface area contributed by atoms with Gasteiger partial charge in [-0.2, -0.15) is 0 Å². The highest BCUT2D eigenvalue weighted by Crippen LogP contribution is 2.40. The lowest BCUT2D eigenvalue weighted by atomic mass is 10.0. The predicted octanol–water partition coefficient (Wildman–Crippen LogP) is 0.521. The molecule has 3 atom stereocenters. The van der Waals surface area contributed by atoms with Gasteiger partial charge in [0.15, 0.2) is 0 Å². The molecule has 2 aliphatic heterocycles. The predicted molar refractivity (Wildman–Crippen MR) is 103 cm³/mol. The van der Waals surface area contributed by atoms with Gasteiger partial charge in [0, 0.05) is 11.5 Å². The zero-order chi connectivity index (χ0) is 20.4. The number of β-lactam (4-membered cyclic amide) rings is 1. The lowest BCUT2D eigenvalue weighted by Gasteiger charge is -2.48. The summed E-state index contributed by atoms with van der Waals surface area (Å²) in [6.07, 6.45) is 1.78. The first-order valence-corrected chi connectivity index (χ1v) is 10.8. The number of nitrogens with two attached hydrogens (primary N) is 1. The van der Waals surface area contributed by atoms with Crippen molar-refractivity contribution in [3.8, 4) is 0 Å². The smallest absolute Gasteiger partial charge is 0.352 e. The summed E-state index contributed by atoms with van der Waals surface area (Å²) < 4.78 is 0. The molecule has 10 nitrogen and oxygen atoms in total. The minimum Gasteiger partial charge on any atom is -0.481 e. The molecule has 1 saturated heterocycles. The molecule has 2 unspecified atom stereocenters. The molecule has 3 rings (SSSR count). The fraction of sp³-hybridized carbons (Fsp3) is 0.562. The van der Waals surface area contributed by atoms with Crippen LogP contribution in [0.2, 0.25) is 0 Å². The number of aliphatic carboxylic acids is 2. The first-order chi connectivity index (χ1) is 13.3. The topological polar surface area (TPSA) is 162 Å². The summed E-state index contributed by atoms with van der Waals surface area (Å²) in [5.41, 5.74) is 7.15. The Hall–Kier alpha value is -2.05. The highest BCUT2D eigenvalue weighted by atomic mass is 32.2. The molecule has 0 aliphatic carbocycles. The molecule has 152 valence electrons. The summed E-state index contributed by atoms with van der Waals surface area (Å²) in [5, 5.41) is 29.6. The van der Waals surface area contributed by atoms with Gasteiger partial charge in [-0.3, -0.25) is 19.6 Å². The van der Waals surface area contributed by atoms with Gasteiger partial charge in [-0.1, -0.05) is 12.1 Å². The third-order valence-electron chi connectivity index (χ3n) is 4.74. The third-order valence-corrected chi connectivity index (χ3v) is 7.21. The van der Waals surface area contributed by atoms with Crippen molar-refractivity contribution in [2.24, 2.45) is 11.7 Å². The summed E-state index contributed by atoms with van der Waals surface area (Å²) in [4.78, 5) is 35.8.